The molecule has 5 nitrogen and oxygen atoms in total. The van der Waals surface area contributed by atoms with Gasteiger partial charge in [-0.2, -0.15) is 0 Å². The third kappa shape index (κ3) is 2.68. The van der Waals surface area contributed by atoms with E-state index in [-0.39, 0.29) is 5.56 Å². The highest BCUT2D eigenvalue weighted by molar-refractivity contribution is 5.88. The van der Waals surface area contributed by atoms with Crippen LogP contribution < -0.4 is 10.9 Å². The monoisotopic (exact) mass is 246 g/mol. The number of fused-ring (bicyclic) bond motifs is 1. The van der Waals surface area contributed by atoms with Crippen molar-refractivity contribution in [1.29, 1.82) is 0 Å². The minimum atomic E-state index is -0.0637. The first kappa shape index (κ1) is 12.6. The predicted octanol–water partition coefficient (Wildman–Crippen LogP) is 1.21. The average molecular weight is 246 g/mol. The molecule has 2 heterocycles. The molecule has 2 rings (SSSR count). The van der Waals surface area contributed by atoms with Crippen molar-refractivity contribution in [3.05, 3.63) is 34.2 Å². The van der Waals surface area contributed by atoms with Crippen molar-refractivity contribution in [2.24, 2.45) is 0 Å². The molecule has 0 fully saturated rings. The van der Waals surface area contributed by atoms with E-state index in [1.54, 1.807) is 13.1 Å². The molecule has 0 spiro atoms. The first-order valence-corrected chi connectivity index (χ1v) is 5.95. The Morgan fingerprint density at radius 1 is 1.44 bits per heavy atom. The van der Waals surface area contributed by atoms with E-state index >= 15 is 0 Å². The number of pyridine rings is 2. The highest BCUT2D eigenvalue weighted by Gasteiger charge is 2.04. The minimum absolute atomic E-state index is 0.0637. The number of aromatic amines is 1. The van der Waals surface area contributed by atoms with Crippen molar-refractivity contribution in [1.82, 2.24) is 14.9 Å². The summed E-state index contributed by atoms with van der Waals surface area (Å²) >= 11 is 0. The van der Waals surface area contributed by atoms with Crippen molar-refractivity contribution in [3.63, 3.8) is 0 Å². The molecule has 0 saturated carbocycles. The maximum Gasteiger partial charge on any atom is 0.251 e. The van der Waals surface area contributed by atoms with Gasteiger partial charge in [0, 0.05) is 30.2 Å². The molecule has 0 aliphatic rings. The first-order chi connectivity index (χ1) is 8.58. The first-order valence-electron chi connectivity index (χ1n) is 5.95. The predicted molar refractivity (Wildman–Crippen MR) is 74.1 cm³/mol. The second-order valence-electron chi connectivity index (χ2n) is 4.64. The lowest BCUT2D eigenvalue weighted by Crippen LogP contribution is -2.21. The molecular formula is C13H18N4O. The lowest BCUT2D eigenvalue weighted by Gasteiger charge is -2.12. The summed E-state index contributed by atoms with van der Waals surface area (Å²) in [5.74, 6) is 0.728. The van der Waals surface area contributed by atoms with Crippen molar-refractivity contribution in [2.45, 2.75) is 6.92 Å². The SMILES string of the molecule is Cc1cc2ccnc(NCCN(C)C)c2[nH]c1=O. The number of nitrogens with zero attached hydrogens (tertiary/aromatic N) is 2. The quantitative estimate of drug-likeness (QED) is 0.851. The Kier molecular flexibility index (Phi) is 3.62. The molecule has 0 aromatic carbocycles. The summed E-state index contributed by atoms with van der Waals surface area (Å²) in [5, 5.41) is 4.24. The Labute approximate surface area is 106 Å². The Hall–Kier alpha value is -1.88. The van der Waals surface area contributed by atoms with Crippen LogP contribution in [0.25, 0.3) is 10.9 Å². The molecular weight excluding hydrogens is 228 g/mol. The van der Waals surface area contributed by atoms with Gasteiger partial charge in [-0.3, -0.25) is 4.79 Å². The normalized spacial score (nSPS) is 11.1. The highest BCUT2D eigenvalue weighted by atomic mass is 16.1. The fourth-order valence-corrected chi connectivity index (χ4v) is 1.77. The smallest absolute Gasteiger partial charge is 0.251 e. The topological polar surface area (TPSA) is 61.0 Å². The van der Waals surface area contributed by atoms with Crippen LogP contribution in [-0.2, 0) is 0 Å². The van der Waals surface area contributed by atoms with Gasteiger partial charge in [0.1, 0.15) is 5.82 Å². The zero-order valence-corrected chi connectivity index (χ0v) is 10.9. The van der Waals surface area contributed by atoms with Gasteiger partial charge in [-0.25, -0.2) is 4.98 Å². The van der Waals surface area contributed by atoms with E-state index in [1.165, 1.54) is 0 Å². The zero-order chi connectivity index (χ0) is 13.1. The van der Waals surface area contributed by atoms with Gasteiger partial charge >= 0.3 is 0 Å². The number of aromatic nitrogens is 2. The second kappa shape index (κ2) is 5.18. The summed E-state index contributed by atoms with van der Waals surface area (Å²) < 4.78 is 0. The van der Waals surface area contributed by atoms with E-state index in [1.807, 2.05) is 26.2 Å². The zero-order valence-electron chi connectivity index (χ0n) is 10.9. The average Bonchev–Trinajstić information content (AvgIpc) is 2.31. The van der Waals surface area contributed by atoms with Crippen molar-refractivity contribution >= 4 is 16.7 Å². The maximum atomic E-state index is 11.6. The molecule has 5 heteroatoms. The largest absolute Gasteiger partial charge is 0.367 e. The van der Waals surface area contributed by atoms with Crippen LogP contribution in [0.2, 0.25) is 0 Å². The number of aryl methyl sites for hydroxylation is 1. The van der Waals surface area contributed by atoms with Crippen LogP contribution in [0.1, 0.15) is 5.56 Å². The fraction of sp³-hybridized carbons (Fsp3) is 0.385. The van der Waals surface area contributed by atoms with Crippen LogP contribution in [0.3, 0.4) is 0 Å². The minimum Gasteiger partial charge on any atom is -0.367 e. The number of rotatable bonds is 4. The summed E-state index contributed by atoms with van der Waals surface area (Å²) in [7, 11) is 4.03. The summed E-state index contributed by atoms with van der Waals surface area (Å²) in [6, 6.07) is 3.78. The van der Waals surface area contributed by atoms with E-state index in [0.717, 1.165) is 29.8 Å². The molecule has 0 aliphatic heterocycles. The Morgan fingerprint density at radius 3 is 2.94 bits per heavy atom. The lowest BCUT2D eigenvalue weighted by atomic mass is 10.2. The number of anilines is 1. The molecule has 2 aromatic rings. The van der Waals surface area contributed by atoms with Gasteiger partial charge in [0.2, 0.25) is 0 Å². The van der Waals surface area contributed by atoms with Crippen molar-refractivity contribution < 1.29 is 0 Å². The van der Waals surface area contributed by atoms with Gasteiger partial charge < -0.3 is 15.2 Å². The van der Waals surface area contributed by atoms with E-state index in [9.17, 15) is 4.79 Å². The molecule has 0 radical (unpaired) electrons. The Balaban J connectivity index is 2.33. The molecule has 0 bridgehead atoms. The molecule has 0 aliphatic carbocycles. The second-order valence-corrected chi connectivity index (χ2v) is 4.64. The van der Waals surface area contributed by atoms with Gasteiger partial charge in [0.25, 0.3) is 5.56 Å². The summed E-state index contributed by atoms with van der Waals surface area (Å²) in [4.78, 5) is 20.9. The molecule has 0 saturated heterocycles. The van der Waals surface area contributed by atoms with Crippen molar-refractivity contribution in [3.8, 4) is 0 Å². The van der Waals surface area contributed by atoms with E-state index in [2.05, 4.69) is 20.2 Å². The molecule has 2 aromatic heterocycles. The lowest BCUT2D eigenvalue weighted by molar-refractivity contribution is 0.425. The van der Waals surface area contributed by atoms with Crippen LogP contribution in [0.5, 0.6) is 0 Å². The van der Waals surface area contributed by atoms with Crippen LogP contribution >= 0.6 is 0 Å². The summed E-state index contributed by atoms with van der Waals surface area (Å²) in [5.41, 5.74) is 1.42. The molecule has 0 atom stereocenters. The Morgan fingerprint density at radius 2 is 2.22 bits per heavy atom. The number of nitrogens with one attached hydrogen (secondary N) is 2. The maximum absolute atomic E-state index is 11.6. The van der Waals surface area contributed by atoms with Crippen LogP contribution in [0.4, 0.5) is 5.82 Å². The van der Waals surface area contributed by atoms with E-state index in [4.69, 9.17) is 0 Å². The molecule has 2 N–H and O–H groups in total. The van der Waals surface area contributed by atoms with E-state index in [0.29, 0.717) is 5.56 Å². The number of hydrogen-bond donors (Lipinski definition) is 2. The third-order valence-corrected chi connectivity index (χ3v) is 2.80. The van der Waals surface area contributed by atoms with E-state index < -0.39 is 0 Å². The standard InChI is InChI=1S/C13H18N4O/c1-9-8-10-4-5-14-12(11(10)16-13(9)18)15-6-7-17(2)3/h4-5,8H,6-7H2,1-3H3,(H,14,15)(H,16,18). The molecule has 0 unspecified atom stereocenters. The fourth-order valence-electron chi connectivity index (χ4n) is 1.77. The number of hydrogen-bond acceptors (Lipinski definition) is 4. The van der Waals surface area contributed by atoms with Gasteiger partial charge in [-0.1, -0.05) is 0 Å². The number of likely N-dealkylation sites (N-methyl/N-ethyl adjacent to an activating group) is 1. The van der Waals surface area contributed by atoms with Crippen LogP contribution in [-0.4, -0.2) is 42.1 Å². The van der Waals surface area contributed by atoms with Gasteiger partial charge in [0.05, 0.1) is 5.52 Å². The van der Waals surface area contributed by atoms with Crippen molar-refractivity contribution in [2.75, 3.05) is 32.5 Å². The van der Waals surface area contributed by atoms with Crippen LogP contribution in [0.15, 0.2) is 23.1 Å². The third-order valence-electron chi connectivity index (χ3n) is 2.80. The molecule has 96 valence electrons. The number of H-pyrrole nitrogens is 1. The Bertz CT molecular complexity index is 603. The molecule has 0 amide bonds. The van der Waals surface area contributed by atoms with Gasteiger partial charge in [-0.15, -0.1) is 0 Å². The highest BCUT2D eigenvalue weighted by Crippen LogP contribution is 2.17. The van der Waals surface area contributed by atoms with Gasteiger partial charge in [0.15, 0.2) is 0 Å². The van der Waals surface area contributed by atoms with Gasteiger partial charge in [-0.05, 0) is 33.2 Å². The van der Waals surface area contributed by atoms with Crippen LogP contribution in [0, 0.1) is 6.92 Å². The summed E-state index contributed by atoms with van der Waals surface area (Å²) in [6.07, 6.45) is 1.75. The molecule has 18 heavy (non-hydrogen) atoms. The summed E-state index contributed by atoms with van der Waals surface area (Å²) in [6.45, 7) is 3.50.